The van der Waals surface area contributed by atoms with Crippen molar-refractivity contribution in [3.63, 3.8) is 0 Å². The molecule has 4 atom stereocenters. The van der Waals surface area contributed by atoms with Gasteiger partial charge in [0.2, 0.25) is 0 Å². The lowest BCUT2D eigenvalue weighted by Gasteiger charge is -2.16. The van der Waals surface area contributed by atoms with Gasteiger partial charge in [0.15, 0.2) is 17.7 Å². The van der Waals surface area contributed by atoms with Crippen molar-refractivity contribution in [2.45, 2.75) is 31.0 Å². The molecular weight excluding hydrogens is 306 g/mol. The summed E-state index contributed by atoms with van der Waals surface area (Å²) in [5, 5.41) is 29.1. The summed E-state index contributed by atoms with van der Waals surface area (Å²) in [5.41, 5.74) is 6.55. The van der Waals surface area contributed by atoms with Crippen molar-refractivity contribution in [1.29, 1.82) is 0 Å². The van der Waals surface area contributed by atoms with Gasteiger partial charge in [0, 0.05) is 13.2 Å². The number of ether oxygens (including phenoxy) is 2. The number of nitrogen functional groups attached to an aromatic ring is 1. The molecule has 1 saturated heterocycles. The van der Waals surface area contributed by atoms with Gasteiger partial charge in [-0.25, -0.2) is 15.0 Å². The second-order valence-electron chi connectivity index (χ2n) is 5.28. The van der Waals surface area contributed by atoms with E-state index in [9.17, 15) is 10.2 Å². The maximum atomic E-state index is 10.2. The van der Waals surface area contributed by atoms with E-state index in [-0.39, 0.29) is 19.0 Å². The van der Waals surface area contributed by atoms with Crippen LogP contribution in [0.25, 0.3) is 11.2 Å². The summed E-state index contributed by atoms with van der Waals surface area (Å²) >= 11 is 0. The van der Waals surface area contributed by atoms with Crippen LogP contribution >= 0.6 is 0 Å². The number of aliphatic hydroxyl groups is 3. The average molecular weight is 325 g/mol. The lowest BCUT2D eigenvalue weighted by atomic mass is 10.1. The third-order valence-electron chi connectivity index (χ3n) is 3.73. The minimum Gasteiger partial charge on any atom is -0.396 e. The highest BCUT2D eigenvalue weighted by atomic mass is 16.6. The summed E-state index contributed by atoms with van der Waals surface area (Å²) in [6, 6.07) is 0. The molecule has 0 amide bonds. The summed E-state index contributed by atoms with van der Waals surface area (Å²) in [5.74, 6) is 0.227. The van der Waals surface area contributed by atoms with E-state index in [1.165, 1.54) is 17.2 Å². The van der Waals surface area contributed by atoms with E-state index >= 15 is 0 Å². The molecule has 0 aliphatic carbocycles. The smallest absolute Gasteiger partial charge is 0.167 e. The van der Waals surface area contributed by atoms with Crippen LogP contribution in [0.5, 0.6) is 0 Å². The predicted molar refractivity (Wildman–Crippen MR) is 78.2 cm³/mol. The van der Waals surface area contributed by atoms with Crippen molar-refractivity contribution in [2.24, 2.45) is 0 Å². The molecule has 3 heterocycles. The fourth-order valence-electron chi connectivity index (χ4n) is 2.52. The van der Waals surface area contributed by atoms with Gasteiger partial charge >= 0.3 is 0 Å². The van der Waals surface area contributed by atoms with Crippen molar-refractivity contribution in [2.75, 3.05) is 25.6 Å². The van der Waals surface area contributed by atoms with E-state index in [0.717, 1.165) is 0 Å². The van der Waals surface area contributed by atoms with Crippen molar-refractivity contribution >= 4 is 17.0 Å². The number of imidazole rings is 1. The first-order valence-electron chi connectivity index (χ1n) is 7.26. The minimum absolute atomic E-state index is 0.0292. The van der Waals surface area contributed by atoms with Gasteiger partial charge < -0.3 is 30.5 Å². The zero-order valence-electron chi connectivity index (χ0n) is 12.3. The van der Waals surface area contributed by atoms with Crippen LogP contribution in [-0.4, -0.2) is 73.0 Å². The number of aliphatic hydroxyl groups excluding tert-OH is 3. The van der Waals surface area contributed by atoms with E-state index in [4.69, 9.17) is 20.3 Å². The molecule has 1 fully saturated rings. The normalized spacial score (nSPS) is 27.8. The quantitative estimate of drug-likeness (QED) is 0.462. The van der Waals surface area contributed by atoms with Gasteiger partial charge in [-0.2, -0.15) is 0 Å². The van der Waals surface area contributed by atoms with Gasteiger partial charge in [0.1, 0.15) is 30.2 Å². The van der Waals surface area contributed by atoms with Gasteiger partial charge in [-0.1, -0.05) is 0 Å². The van der Waals surface area contributed by atoms with Crippen LogP contribution in [0.3, 0.4) is 0 Å². The number of hydrogen-bond donors (Lipinski definition) is 4. The lowest BCUT2D eigenvalue weighted by Crippen LogP contribution is -2.34. The molecule has 3 rings (SSSR count). The van der Waals surface area contributed by atoms with E-state index in [1.54, 1.807) is 0 Å². The molecule has 0 bridgehead atoms. The summed E-state index contributed by atoms with van der Waals surface area (Å²) < 4.78 is 12.5. The Morgan fingerprint density at radius 1 is 1.26 bits per heavy atom. The molecule has 0 spiro atoms. The number of anilines is 1. The largest absolute Gasteiger partial charge is 0.396 e. The fourth-order valence-corrected chi connectivity index (χ4v) is 2.52. The third-order valence-corrected chi connectivity index (χ3v) is 3.73. The number of hydrogen-bond acceptors (Lipinski definition) is 9. The monoisotopic (exact) mass is 325 g/mol. The Kier molecular flexibility index (Phi) is 4.68. The Morgan fingerprint density at radius 2 is 2.09 bits per heavy atom. The molecule has 1 aliphatic rings. The van der Waals surface area contributed by atoms with Gasteiger partial charge in [-0.15, -0.1) is 0 Å². The van der Waals surface area contributed by atoms with E-state index in [2.05, 4.69) is 15.0 Å². The van der Waals surface area contributed by atoms with Gasteiger partial charge in [-0.3, -0.25) is 4.57 Å². The Balaban J connectivity index is 1.76. The van der Waals surface area contributed by atoms with Gasteiger partial charge in [0.25, 0.3) is 0 Å². The van der Waals surface area contributed by atoms with E-state index in [1.807, 2.05) is 0 Å². The first-order chi connectivity index (χ1) is 11.1. The molecule has 2 aromatic heterocycles. The van der Waals surface area contributed by atoms with Crippen molar-refractivity contribution in [3.8, 4) is 0 Å². The zero-order valence-corrected chi connectivity index (χ0v) is 12.3. The summed E-state index contributed by atoms with van der Waals surface area (Å²) in [6.07, 6.45) is -0.576. The first-order valence-corrected chi connectivity index (χ1v) is 7.26. The number of nitrogens with two attached hydrogens (primary N) is 1. The van der Waals surface area contributed by atoms with Crippen LogP contribution in [0.1, 0.15) is 12.6 Å². The van der Waals surface area contributed by atoms with Crippen LogP contribution in [0.2, 0.25) is 0 Å². The van der Waals surface area contributed by atoms with Crippen molar-refractivity contribution in [3.05, 3.63) is 12.7 Å². The SMILES string of the molecule is Nc1ncnc2c1ncn2[C@@H]1O[C@H](COCCCO)[C@@H](O)[C@H]1O. The number of aromatic nitrogens is 4. The van der Waals surface area contributed by atoms with E-state index in [0.29, 0.717) is 24.2 Å². The molecule has 0 saturated carbocycles. The minimum atomic E-state index is -1.16. The Morgan fingerprint density at radius 3 is 2.87 bits per heavy atom. The number of fused-ring (bicyclic) bond motifs is 1. The van der Waals surface area contributed by atoms with Gasteiger partial charge in [0.05, 0.1) is 12.9 Å². The molecule has 126 valence electrons. The predicted octanol–water partition coefficient (Wildman–Crippen LogP) is -1.57. The molecular formula is C13H19N5O5. The van der Waals surface area contributed by atoms with Crippen molar-refractivity contribution < 1.29 is 24.8 Å². The van der Waals surface area contributed by atoms with E-state index < -0.39 is 24.5 Å². The third kappa shape index (κ3) is 2.99. The first kappa shape index (κ1) is 16.0. The highest BCUT2D eigenvalue weighted by molar-refractivity contribution is 5.81. The van der Waals surface area contributed by atoms with Gasteiger partial charge in [-0.05, 0) is 6.42 Å². The molecule has 2 aromatic rings. The Bertz CT molecular complexity index is 665. The Labute approximate surface area is 131 Å². The van der Waals surface area contributed by atoms with Crippen LogP contribution < -0.4 is 5.73 Å². The van der Waals surface area contributed by atoms with Crippen LogP contribution in [0, 0.1) is 0 Å². The standard InChI is InChI=1S/C13H19N5O5/c14-11-8-12(16-5-15-11)18(6-17-8)13-10(21)9(20)7(23-13)4-22-3-1-2-19/h5-7,9-10,13,19-21H,1-4H2,(H2,14,15,16)/t7-,9-,10-,13-/m1/s1. The topological polar surface area (TPSA) is 149 Å². The molecule has 10 heteroatoms. The lowest BCUT2D eigenvalue weighted by molar-refractivity contribution is -0.0663. The van der Waals surface area contributed by atoms with Crippen LogP contribution in [0.15, 0.2) is 12.7 Å². The molecule has 23 heavy (non-hydrogen) atoms. The van der Waals surface area contributed by atoms with Crippen LogP contribution in [-0.2, 0) is 9.47 Å². The molecule has 0 aromatic carbocycles. The second-order valence-corrected chi connectivity index (χ2v) is 5.28. The molecule has 10 nitrogen and oxygen atoms in total. The summed E-state index contributed by atoms with van der Waals surface area (Å²) in [6.45, 7) is 0.488. The number of rotatable bonds is 6. The fraction of sp³-hybridized carbons (Fsp3) is 0.615. The Hall–Kier alpha value is -1.85. The highest BCUT2D eigenvalue weighted by Crippen LogP contribution is 2.32. The molecule has 1 aliphatic heterocycles. The number of nitrogens with zero attached hydrogens (tertiary/aromatic N) is 4. The molecule has 0 unspecified atom stereocenters. The summed E-state index contributed by atoms with van der Waals surface area (Å²) in [7, 11) is 0. The highest BCUT2D eigenvalue weighted by Gasteiger charge is 2.44. The van der Waals surface area contributed by atoms with Crippen LogP contribution in [0.4, 0.5) is 5.82 Å². The maximum absolute atomic E-state index is 10.2. The summed E-state index contributed by atoms with van der Waals surface area (Å²) in [4.78, 5) is 12.1. The molecule has 5 N–H and O–H groups in total. The van der Waals surface area contributed by atoms with Crippen molar-refractivity contribution in [1.82, 2.24) is 19.5 Å². The maximum Gasteiger partial charge on any atom is 0.167 e. The second kappa shape index (κ2) is 6.72. The zero-order chi connectivity index (χ0) is 16.4. The average Bonchev–Trinajstić information content (AvgIpc) is 3.09. The molecule has 0 radical (unpaired) electrons.